The number of anilines is 1. The van der Waals surface area contributed by atoms with Gasteiger partial charge in [0.25, 0.3) is 0 Å². The van der Waals surface area contributed by atoms with Crippen molar-refractivity contribution in [1.29, 1.82) is 0 Å². The van der Waals surface area contributed by atoms with Gasteiger partial charge in [-0.05, 0) is 30.7 Å². The predicted molar refractivity (Wildman–Crippen MR) is 68.6 cm³/mol. The van der Waals surface area contributed by atoms with E-state index < -0.39 is 5.82 Å². The van der Waals surface area contributed by atoms with Crippen LogP contribution in [-0.2, 0) is 0 Å². The van der Waals surface area contributed by atoms with Crippen molar-refractivity contribution in [3.63, 3.8) is 0 Å². The minimum absolute atomic E-state index is 0.0306. The van der Waals surface area contributed by atoms with Crippen LogP contribution in [-0.4, -0.2) is 7.11 Å². The highest BCUT2D eigenvalue weighted by atomic mass is 19.1. The lowest BCUT2D eigenvalue weighted by molar-refractivity contribution is 0.382. The third kappa shape index (κ3) is 2.76. The van der Waals surface area contributed by atoms with Gasteiger partial charge in [0.05, 0.1) is 12.8 Å². The summed E-state index contributed by atoms with van der Waals surface area (Å²) in [5.41, 5.74) is 6.25. The van der Waals surface area contributed by atoms with Crippen molar-refractivity contribution in [2.45, 2.75) is 6.92 Å². The minimum Gasteiger partial charge on any atom is -0.494 e. The zero-order chi connectivity index (χ0) is 14.0. The molecule has 100 valence electrons. The molecular weight excluding hydrogens is 252 g/mol. The number of halogens is 2. The highest BCUT2D eigenvalue weighted by Gasteiger charge is 2.10. The molecule has 0 aliphatic heterocycles. The second kappa shape index (κ2) is 5.14. The molecule has 0 bridgehead atoms. The molecule has 0 saturated heterocycles. The molecule has 19 heavy (non-hydrogen) atoms. The Bertz CT molecular complexity index is 615. The van der Waals surface area contributed by atoms with Crippen LogP contribution in [0.5, 0.6) is 17.2 Å². The normalized spacial score (nSPS) is 10.3. The van der Waals surface area contributed by atoms with E-state index in [0.717, 1.165) is 6.07 Å². The number of rotatable bonds is 3. The van der Waals surface area contributed by atoms with E-state index in [1.807, 2.05) is 0 Å². The first-order valence-electron chi connectivity index (χ1n) is 5.58. The zero-order valence-electron chi connectivity index (χ0n) is 10.5. The molecule has 5 heteroatoms. The van der Waals surface area contributed by atoms with E-state index in [9.17, 15) is 8.78 Å². The molecule has 0 atom stereocenters. The highest BCUT2D eigenvalue weighted by Crippen LogP contribution is 2.33. The van der Waals surface area contributed by atoms with E-state index >= 15 is 0 Å². The first kappa shape index (κ1) is 13.1. The van der Waals surface area contributed by atoms with Crippen LogP contribution in [0.1, 0.15) is 5.56 Å². The van der Waals surface area contributed by atoms with Gasteiger partial charge in [0.1, 0.15) is 11.6 Å². The van der Waals surface area contributed by atoms with Gasteiger partial charge >= 0.3 is 0 Å². The number of methoxy groups -OCH3 is 1. The lowest BCUT2D eigenvalue weighted by atomic mass is 10.2. The largest absolute Gasteiger partial charge is 0.494 e. The molecule has 2 rings (SSSR count). The number of hydrogen-bond acceptors (Lipinski definition) is 3. The molecule has 0 aliphatic rings. The van der Waals surface area contributed by atoms with Gasteiger partial charge in [-0.1, -0.05) is 0 Å². The minimum atomic E-state index is -0.567. The maximum absolute atomic E-state index is 13.4. The summed E-state index contributed by atoms with van der Waals surface area (Å²) in [5.74, 6) is -0.189. The van der Waals surface area contributed by atoms with Gasteiger partial charge in [0.2, 0.25) is 0 Å². The molecule has 0 saturated carbocycles. The number of hydrogen-bond donors (Lipinski definition) is 1. The van der Waals surface area contributed by atoms with E-state index in [-0.39, 0.29) is 23.0 Å². The van der Waals surface area contributed by atoms with Crippen molar-refractivity contribution in [2.24, 2.45) is 0 Å². The van der Waals surface area contributed by atoms with Crippen molar-refractivity contribution in [3.8, 4) is 17.2 Å². The summed E-state index contributed by atoms with van der Waals surface area (Å²) in [5, 5.41) is 0. The third-order valence-corrected chi connectivity index (χ3v) is 2.64. The Kier molecular flexibility index (Phi) is 3.55. The highest BCUT2D eigenvalue weighted by molar-refractivity contribution is 5.57. The summed E-state index contributed by atoms with van der Waals surface area (Å²) in [7, 11) is 1.35. The number of nitrogen functional groups attached to an aromatic ring is 1. The Labute approximate surface area is 109 Å². The molecule has 2 aromatic carbocycles. The average Bonchev–Trinajstić information content (AvgIpc) is 2.37. The molecule has 3 nitrogen and oxygen atoms in total. The Balaban J connectivity index is 2.34. The van der Waals surface area contributed by atoms with Crippen molar-refractivity contribution >= 4 is 5.69 Å². The lowest BCUT2D eigenvalue weighted by Crippen LogP contribution is -1.96. The van der Waals surface area contributed by atoms with E-state index in [1.54, 1.807) is 6.92 Å². The van der Waals surface area contributed by atoms with E-state index in [4.69, 9.17) is 15.2 Å². The van der Waals surface area contributed by atoms with Crippen LogP contribution in [0, 0.1) is 18.6 Å². The summed E-state index contributed by atoms with van der Waals surface area (Å²) in [6.07, 6.45) is 0. The van der Waals surface area contributed by atoms with E-state index in [2.05, 4.69) is 0 Å². The molecule has 0 unspecified atom stereocenters. The predicted octanol–water partition coefficient (Wildman–Crippen LogP) is 3.66. The van der Waals surface area contributed by atoms with Crippen molar-refractivity contribution in [3.05, 3.63) is 47.5 Å². The Morgan fingerprint density at radius 3 is 2.37 bits per heavy atom. The van der Waals surface area contributed by atoms with Gasteiger partial charge < -0.3 is 15.2 Å². The fourth-order valence-corrected chi connectivity index (χ4v) is 1.60. The van der Waals surface area contributed by atoms with Crippen molar-refractivity contribution in [1.82, 2.24) is 0 Å². The Morgan fingerprint density at radius 1 is 1.00 bits per heavy atom. The second-order valence-electron chi connectivity index (χ2n) is 4.04. The third-order valence-electron chi connectivity index (χ3n) is 2.64. The first-order valence-corrected chi connectivity index (χ1v) is 5.58. The second-order valence-corrected chi connectivity index (χ2v) is 4.04. The van der Waals surface area contributed by atoms with Gasteiger partial charge in [0.15, 0.2) is 17.3 Å². The van der Waals surface area contributed by atoms with Gasteiger partial charge in [-0.25, -0.2) is 8.78 Å². The number of benzene rings is 2. The number of ether oxygens (including phenoxy) is 2. The van der Waals surface area contributed by atoms with Gasteiger partial charge in [-0.3, -0.25) is 0 Å². The van der Waals surface area contributed by atoms with Crippen LogP contribution in [0.15, 0.2) is 30.3 Å². The molecule has 0 spiro atoms. The molecule has 2 aromatic rings. The van der Waals surface area contributed by atoms with Crippen molar-refractivity contribution < 1.29 is 18.3 Å². The molecule has 0 radical (unpaired) electrons. The SMILES string of the molecule is COc1cc(Oc2ccc(F)c(C)c2)c(N)cc1F. The maximum Gasteiger partial charge on any atom is 0.167 e. The van der Waals surface area contributed by atoms with Gasteiger partial charge in [-0.15, -0.1) is 0 Å². The van der Waals surface area contributed by atoms with Crippen LogP contribution >= 0.6 is 0 Å². The molecule has 0 aromatic heterocycles. The average molecular weight is 265 g/mol. The first-order chi connectivity index (χ1) is 9.01. The molecule has 0 fully saturated rings. The monoisotopic (exact) mass is 265 g/mol. The smallest absolute Gasteiger partial charge is 0.167 e. The van der Waals surface area contributed by atoms with Crippen LogP contribution in [0.4, 0.5) is 14.5 Å². The maximum atomic E-state index is 13.4. The molecular formula is C14H13F2NO2. The van der Waals surface area contributed by atoms with Gasteiger partial charge in [0, 0.05) is 12.1 Å². The summed E-state index contributed by atoms with van der Waals surface area (Å²) in [6.45, 7) is 1.62. The van der Waals surface area contributed by atoms with Gasteiger partial charge in [-0.2, -0.15) is 0 Å². The Morgan fingerprint density at radius 2 is 1.74 bits per heavy atom. The standard InChI is InChI=1S/C14H13F2NO2/c1-8-5-9(3-4-10(8)15)19-14-7-13(18-2)11(16)6-12(14)17/h3-7H,17H2,1-2H3. The van der Waals surface area contributed by atoms with E-state index in [1.165, 1.54) is 31.4 Å². The summed E-state index contributed by atoms with van der Waals surface area (Å²) in [6, 6.07) is 6.76. The number of aryl methyl sites for hydroxylation is 1. The summed E-state index contributed by atoms with van der Waals surface area (Å²) >= 11 is 0. The number of nitrogens with two attached hydrogens (primary N) is 1. The molecule has 0 heterocycles. The fourth-order valence-electron chi connectivity index (χ4n) is 1.60. The summed E-state index contributed by atoms with van der Waals surface area (Å²) in [4.78, 5) is 0. The quantitative estimate of drug-likeness (QED) is 0.861. The van der Waals surface area contributed by atoms with Crippen LogP contribution in [0.2, 0.25) is 0 Å². The van der Waals surface area contributed by atoms with Crippen LogP contribution in [0.25, 0.3) is 0 Å². The fraction of sp³-hybridized carbons (Fsp3) is 0.143. The zero-order valence-corrected chi connectivity index (χ0v) is 10.5. The lowest BCUT2D eigenvalue weighted by Gasteiger charge is -2.11. The summed E-state index contributed by atoms with van der Waals surface area (Å²) < 4.78 is 36.9. The van der Waals surface area contributed by atoms with Crippen LogP contribution < -0.4 is 15.2 Å². The molecule has 0 amide bonds. The molecule has 2 N–H and O–H groups in total. The van der Waals surface area contributed by atoms with Crippen molar-refractivity contribution in [2.75, 3.05) is 12.8 Å². The van der Waals surface area contributed by atoms with Crippen LogP contribution in [0.3, 0.4) is 0 Å². The van der Waals surface area contributed by atoms with E-state index in [0.29, 0.717) is 11.3 Å². The topological polar surface area (TPSA) is 44.5 Å². The Hall–Kier alpha value is -2.30. The molecule has 0 aliphatic carbocycles.